The Bertz CT molecular complexity index is 154. The molecule has 0 aromatic carbocycles. The summed E-state index contributed by atoms with van der Waals surface area (Å²) in [4.78, 5) is 0. The third-order valence-electron chi connectivity index (χ3n) is 2.83. The molecule has 2 unspecified atom stereocenters. The standard InChI is InChI=1S/C9H18O2/c1-5-9(10)6-7(2)11-8(9,3)4/h7,10H,5-6H2,1-4H3. The normalized spacial score (nSPS) is 42.8. The summed E-state index contributed by atoms with van der Waals surface area (Å²) >= 11 is 0. The molecule has 2 atom stereocenters. The summed E-state index contributed by atoms with van der Waals surface area (Å²) in [7, 11) is 0. The Kier molecular flexibility index (Phi) is 2.01. The van der Waals surface area contributed by atoms with E-state index in [1.165, 1.54) is 0 Å². The van der Waals surface area contributed by atoms with Gasteiger partial charge in [-0.2, -0.15) is 0 Å². The summed E-state index contributed by atoms with van der Waals surface area (Å²) in [5.74, 6) is 0. The molecule has 0 radical (unpaired) electrons. The van der Waals surface area contributed by atoms with Gasteiger partial charge in [-0.25, -0.2) is 0 Å². The van der Waals surface area contributed by atoms with E-state index in [2.05, 4.69) is 0 Å². The van der Waals surface area contributed by atoms with Crippen LogP contribution in [0.4, 0.5) is 0 Å². The Morgan fingerprint density at radius 3 is 2.27 bits per heavy atom. The van der Waals surface area contributed by atoms with Crippen LogP contribution in [-0.4, -0.2) is 22.4 Å². The summed E-state index contributed by atoms with van der Waals surface area (Å²) < 4.78 is 5.61. The molecular formula is C9H18O2. The van der Waals surface area contributed by atoms with Crippen LogP contribution in [0.2, 0.25) is 0 Å². The molecule has 0 bridgehead atoms. The Hall–Kier alpha value is -0.0800. The molecule has 1 aliphatic heterocycles. The largest absolute Gasteiger partial charge is 0.387 e. The van der Waals surface area contributed by atoms with Crippen molar-refractivity contribution >= 4 is 0 Å². The summed E-state index contributed by atoms with van der Waals surface area (Å²) in [5, 5.41) is 10.1. The van der Waals surface area contributed by atoms with Crippen molar-refractivity contribution in [1.82, 2.24) is 0 Å². The molecule has 0 spiro atoms. The van der Waals surface area contributed by atoms with E-state index in [-0.39, 0.29) is 11.7 Å². The molecule has 11 heavy (non-hydrogen) atoms. The minimum atomic E-state index is -0.619. The number of hydrogen-bond donors (Lipinski definition) is 1. The van der Waals surface area contributed by atoms with Gasteiger partial charge in [0.1, 0.15) is 0 Å². The Morgan fingerprint density at radius 2 is 2.09 bits per heavy atom. The van der Waals surface area contributed by atoms with Crippen LogP contribution in [0.5, 0.6) is 0 Å². The second-order valence-corrected chi connectivity index (χ2v) is 4.03. The van der Waals surface area contributed by atoms with Crippen LogP contribution in [0.15, 0.2) is 0 Å². The molecule has 1 fully saturated rings. The first-order valence-corrected chi connectivity index (χ1v) is 4.31. The van der Waals surface area contributed by atoms with E-state index in [9.17, 15) is 5.11 Å². The zero-order valence-electron chi connectivity index (χ0n) is 7.85. The van der Waals surface area contributed by atoms with Crippen LogP contribution in [-0.2, 0) is 4.74 Å². The van der Waals surface area contributed by atoms with Crippen molar-refractivity contribution in [3.63, 3.8) is 0 Å². The van der Waals surface area contributed by atoms with E-state index in [4.69, 9.17) is 4.74 Å². The predicted octanol–water partition coefficient (Wildman–Crippen LogP) is 1.71. The molecule has 1 heterocycles. The summed E-state index contributed by atoms with van der Waals surface area (Å²) in [6.07, 6.45) is 1.72. The van der Waals surface area contributed by atoms with Crippen LogP contribution < -0.4 is 0 Å². The number of rotatable bonds is 1. The maximum atomic E-state index is 10.1. The molecule has 2 heteroatoms. The van der Waals surface area contributed by atoms with Gasteiger partial charge in [0.25, 0.3) is 0 Å². The summed E-state index contributed by atoms with van der Waals surface area (Å²) in [5.41, 5.74) is -0.992. The Balaban J connectivity index is 2.81. The van der Waals surface area contributed by atoms with Crippen molar-refractivity contribution in [2.45, 2.75) is 57.8 Å². The summed E-state index contributed by atoms with van der Waals surface area (Å²) in [6, 6.07) is 0. The first-order chi connectivity index (χ1) is 4.91. The molecule has 1 aliphatic rings. The zero-order chi connectivity index (χ0) is 8.70. The highest BCUT2D eigenvalue weighted by molar-refractivity contribution is 5.00. The van der Waals surface area contributed by atoms with Crippen LogP contribution in [0.25, 0.3) is 0 Å². The van der Waals surface area contributed by atoms with Crippen molar-refractivity contribution < 1.29 is 9.84 Å². The lowest BCUT2D eigenvalue weighted by atomic mass is 9.83. The van der Waals surface area contributed by atoms with E-state index in [0.29, 0.717) is 0 Å². The minimum Gasteiger partial charge on any atom is -0.387 e. The van der Waals surface area contributed by atoms with Gasteiger partial charge in [0, 0.05) is 6.42 Å². The fourth-order valence-corrected chi connectivity index (χ4v) is 1.95. The number of ether oxygens (including phenoxy) is 1. The molecule has 2 nitrogen and oxygen atoms in total. The SMILES string of the molecule is CCC1(O)CC(C)OC1(C)C. The van der Waals surface area contributed by atoms with Crippen molar-refractivity contribution in [3.8, 4) is 0 Å². The first kappa shape index (κ1) is 9.01. The highest BCUT2D eigenvalue weighted by atomic mass is 16.5. The number of hydrogen-bond acceptors (Lipinski definition) is 2. The fourth-order valence-electron chi connectivity index (χ4n) is 1.95. The van der Waals surface area contributed by atoms with Crippen LogP contribution in [0, 0.1) is 0 Å². The van der Waals surface area contributed by atoms with Crippen molar-refractivity contribution in [3.05, 3.63) is 0 Å². The Morgan fingerprint density at radius 1 is 1.55 bits per heavy atom. The lowest BCUT2D eigenvalue weighted by Gasteiger charge is -2.33. The summed E-state index contributed by atoms with van der Waals surface area (Å²) in [6.45, 7) is 7.93. The van der Waals surface area contributed by atoms with Crippen molar-refractivity contribution in [1.29, 1.82) is 0 Å². The lowest BCUT2D eigenvalue weighted by molar-refractivity contribution is -0.108. The highest BCUT2D eigenvalue weighted by Crippen LogP contribution is 2.41. The molecule has 0 saturated carbocycles. The molecular weight excluding hydrogens is 140 g/mol. The molecule has 1 rings (SSSR count). The highest BCUT2D eigenvalue weighted by Gasteiger charge is 2.50. The first-order valence-electron chi connectivity index (χ1n) is 4.31. The van der Waals surface area contributed by atoms with E-state index in [1.54, 1.807) is 0 Å². The van der Waals surface area contributed by atoms with E-state index >= 15 is 0 Å². The second-order valence-electron chi connectivity index (χ2n) is 4.03. The van der Waals surface area contributed by atoms with Gasteiger partial charge in [-0.1, -0.05) is 6.92 Å². The van der Waals surface area contributed by atoms with E-state index in [1.807, 2.05) is 27.7 Å². The number of aliphatic hydroxyl groups is 1. The average Bonchev–Trinajstić information content (AvgIpc) is 2.03. The van der Waals surface area contributed by atoms with Gasteiger partial charge in [0.2, 0.25) is 0 Å². The van der Waals surface area contributed by atoms with Gasteiger partial charge in [0.05, 0.1) is 17.3 Å². The molecule has 0 aliphatic carbocycles. The topological polar surface area (TPSA) is 29.5 Å². The quantitative estimate of drug-likeness (QED) is 0.629. The fraction of sp³-hybridized carbons (Fsp3) is 1.00. The van der Waals surface area contributed by atoms with Gasteiger partial charge in [-0.3, -0.25) is 0 Å². The van der Waals surface area contributed by atoms with Gasteiger partial charge in [0.15, 0.2) is 0 Å². The predicted molar refractivity (Wildman–Crippen MR) is 44.5 cm³/mol. The Labute approximate surface area is 68.6 Å². The minimum absolute atomic E-state index is 0.190. The molecule has 0 aromatic rings. The monoisotopic (exact) mass is 158 g/mol. The van der Waals surface area contributed by atoms with Gasteiger partial charge < -0.3 is 9.84 Å². The van der Waals surface area contributed by atoms with Crippen molar-refractivity contribution in [2.24, 2.45) is 0 Å². The van der Waals surface area contributed by atoms with Gasteiger partial charge >= 0.3 is 0 Å². The van der Waals surface area contributed by atoms with Crippen LogP contribution in [0.3, 0.4) is 0 Å². The van der Waals surface area contributed by atoms with Gasteiger partial charge in [-0.05, 0) is 27.2 Å². The average molecular weight is 158 g/mol. The molecule has 1 saturated heterocycles. The second kappa shape index (κ2) is 2.46. The maximum absolute atomic E-state index is 10.1. The van der Waals surface area contributed by atoms with E-state index in [0.717, 1.165) is 12.8 Å². The van der Waals surface area contributed by atoms with Crippen LogP contribution >= 0.6 is 0 Å². The lowest BCUT2D eigenvalue weighted by Crippen LogP contribution is -2.45. The molecule has 0 aromatic heterocycles. The van der Waals surface area contributed by atoms with Gasteiger partial charge in [-0.15, -0.1) is 0 Å². The van der Waals surface area contributed by atoms with Crippen LogP contribution in [0.1, 0.15) is 40.5 Å². The maximum Gasteiger partial charge on any atom is 0.0952 e. The zero-order valence-corrected chi connectivity index (χ0v) is 7.85. The van der Waals surface area contributed by atoms with Crippen molar-refractivity contribution in [2.75, 3.05) is 0 Å². The molecule has 1 N–H and O–H groups in total. The molecule has 0 amide bonds. The third kappa shape index (κ3) is 1.30. The smallest absolute Gasteiger partial charge is 0.0952 e. The van der Waals surface area contributed by atoms with E-state index < -0.39 is 5.60 Å². The molecule has 66 valence electrons. The third-order valence-corrected chi connectivity index (χ3v) is 2.83.